The number of benzene rings is 2. The van der Waals surface area contributed by atoms with Crippen LogP contribution in [0.15, 0.2) is 124 Å². The third-order valence-electron chi connectivity index (χ3n) is 12.6. The molecule has 3 amide bonds. The number of nitrogens with zero attached hydrogens (tertiary/aromatic N) is 3. The van der Waals surface area contributed by atoms with E-state index in [1.165, 1.54) is 51.3 Å². The van der Waals surface area contributed by atoms with Crippen LogP contribution in [-0.2, 0) is 42.7 Å². The summed E-state index contributed by atoms with van der Waals surface area (Å²) in [6.45, 7) is -1.08. The minimum atomic E-state index is -1.93. The van der Waals surface area contributed by atoms with Gasteiger partial charge < -0.3 is 90.1 Å². The van der Waals surface area contributed by atoms with E-state index in [0.717, 1.165) is 23.5 Å². The number of rotatable bonds is 33. The average molecular weight is 1090 g/mol. The van der Waals surface area contributed by atoms with E-state index in [4.69, 9.17) is 29.8 Å². The molecule has 5 atom stereocenters. The highest BCUT2D eigenvalue weighted by Gasteiger charge is 2.32. The van der Waals surface area contributed by atoms with Crippen LogP contribution in [0.5, 0.6) is 11.5 Å². The molecule has 5 rings (SSSR count). The van der Waals surface area contributed by atoms with E-state index < -0.39 is 83.8 Å². The van der Waals surface area contributed by atoms with Crippen molar-refractivity contribution < 1.29 is 69.1 Å². The van der Waals surface area contributed by atoms with Crippen LogP contribution in [0.1, 0.15) is 86.7 Å². The lowest BCUT2D eigenvalue weighted by atomic mass is 9.84. The fraction of sp³-hybridized carbons (Fsp3) is 0.407. The molecule has 0 aliphatic rings. The summed E-state index contributed by atoms with van der Waals surface area (Å²) in [6.07, 6.45) is -0.138. The van der Waals surface area contributed by atoms with Gasteiger partial charge in [-0.25, -0.2) is 0 Å². The summed E-state index contributed by atoms with van der Waals surface area (Å²) >= 11 is 0. The fourth-order valence-electron chi connectivity index (χ4n) is 8.38. The third-order valence-corrected chi connectivity index (χ3v) is 12.6. The van der Waals surface area contributed by atoms with E-state index in [1.807, 2.05) is 12.1 Å². The number of nitrogens with one attached hydrogen (secondary N) is 3. The number of aliphatic hydroxyl groups is 7. The van der Waals surface area contributed by atoms with Crippen LogP contribution in [0.4, 0.5) is 0 Å². The van der Waals surface area contributed by atoms with Gasteiger partial charge in [0.05, 0.1) is 13.2 Å². The Morgan fingerprint density at radius 1 is 0.628 bits per heavy atom. The number of ether oxygens (including phenoxy) is 4. The van der Waals surface area contributed by atoms with Crippen LogP contribution in [0, 0.1) is 6.92 Å². The van der Waals surface area contributed by atoms with Gasteiger partial charge in [-0.1, -0.05) is 60.7 Å². The van der Waals surface area contributed by atoms with Crippen molar-refractivity contribution in [2.24, 2.45) is 5.73 Å². The Balaban J connectivity index is 1.30. The standard InChI is InChI=1S/C54H69N7O17/c1-36-39(65)15-24-59(29-42(68)47(70)48(71)43(69)30-63)44(36)51(72)56-21-8-18-54(55,19-9-22-57-52(73)45-49(40(66)16-25-60(45)33-64)77-31-37-11-4-2-5-12-37)20-10-23-58-53(74)46-50(78-32-38-13-6-3-7-14-38)41(67)17-26-61(46)34-76-35-75-28-27-62/h2-7,11-17,24-28,42-43,47-48,62-64,68-71H,8-10,18-23,29-35,55H2,1H3,(H,56,72)(H,57,73)(H,58,74)/b28-27+. The van der Waals surface area contributed by atoms with Crippen molar-refractivity contribution in [3.8, 4) is 11.5 Å². The molecule has 0 saturated carbocycles. The highest BCUT2D eigenvalue weighted by atomic mass is 16.7. The van der Waals surface area contributed by atoms with Gasteiger partial charge in [0, 0.05) is 67.5 Å². The zero-order chi connectivity index (χ0) is 56.6. The van der Waals surface area contributed by atoms with Crippen molar-refractivity contribution in [2.75, 3.05) is 33.0 Å². The summed E-state index contributed by atoms with van der Waals surface area (Å²) in [5.41, 5.74) is 5.51. The summed E-state index contributed by atoms with van der Waals surface area (Å²) in [5, 5.41) is 77.7. The Morgan fingerprint density at radius 2 is 1.08 bits per heavy atom. The maximum Gasteiger partial charge on any atom is 0.272 e. The second-order valence-electron chi connectivity index (χ2n) is 18.3. The Kier molecular flexibility index (Phi) is 24.2. The second kappa shape index (κ2) is 30.9. The van der Waals surface area contributed by atoms with E-state index in [0.29, 0.717) is 19.1 Å². The Morgan fingerprint density at radius 3 is 1.56 bits per heavy atom. The van der Waals surface area contributed by atoms with E-state index in [-0.39, 0.29) is 106 Å². The minimum Gasteiger partial charge on any atom is -0.512 e. The SMILES string of the molecule is Cc1c(C(=O)NCCCC(N)(CCCNC(=O)c2c(OCc3ccccc3)c(=O)ccn2CO)CCCNC(=O)c2c(OCc3ccccc3)c(=O)ccn2COCO/C=C/O)n(CC(O)C(O)C(O)C(O)CO)ccc1=O. The van der Waals surface area contributed by atoms with Gasteiger partial charge in [0.15, 0.2) is 35.1 Å². The smallest absolute Gasteiger partial charge is 0.272 e. The molecule has 3 heterocycles. The predicted octanol–water partition coefficient (Wildman–Crippen LogP) is 0.629. The lowest BCUT2D eigenvalue weighted by Crippen LogP contribution is -2.47. The van der Waals surface area contributed by atoms with Gasteiger partial charge >= 0.3 is 0 Å². The van der Waals surface area contributed by atoms with Crippen molar-refractivity contribution in [3.05, 3.63) is 174 Å². The van der Waals surface area contributed by atoms with Crippen LogP contribution in [0.2, 0.25) is 0 Å². The molecule has 5 unspecified atom stereocenters. The number of hydrogen-bond donors (Lipinski definition) is 11. The number of pyridine rings is 3. The molecule has 0 bridgehead atoms. The minimum absolute atomic E-state index is 0.0191. The van der Waals surface area contributed by atoms with Gasteiger partial charge in [-0.15, -0.1) is 0 Å². The molecule has 12 N–H and O–H groups in total. The van der Waals surface area contributed by atoms with Gasteiger partial charge in [-0.3, -0.25) is 28.8 Å². The molecule has 0 spiro atoms. The van der Waals surface area contributed by atoms with Crippen LogP contribution >= 0.6 is 0 Å². The number of nitrogens with two attached hydrogens (primary N) is 1. The zero-order valence-electron chi connectivity index (χ0n) is 43.1. The predicted molar refractivity (Wildman–Crippen MR) is 282 cm³/mol. The topological polar surface area (TPSA) is 358 Å². The summed E-state index contributed by atoms with van der Waals surface area (Å²) in [5.74, 6) is -2.56. The molecule has 0 aliphatic heterocycles. The first-order valence-electron chi connectivity index (χ1n) is 25.1. The largest absolute Gasteiger partial charge is 0.512 e. The monoisotopic (exact) mass is 1090 g/mol. The first-order valence-corrected chi connectivity index (χ1v) is 25.1. The Labute approximate surface area is 448 Å². The summed E-state index contributed by atoms with van der Waals surface area (Å²) in [4.78, 5) is 80.4. The van der Waals surface area contributed by atoms with E-state index in [1.54, 1.807) is 48.5 Å². The van der Waals surface area contributed by atoms with Crippen LogP contribution in [0.25, 0.3) is 0 Å². The maximum atomic E-state index is 14.0. The fourth-order valence-corrected chi connectivity index (χ4v) is 8.38. The van der Waals surface area contributed by atoms with Crippen molar-refractivity contribution in [1.29, 1.82) is 0 Å². The van der Waals surface area contributed by atoms with Gasteiger partial charge in [-0.05, 0) is 56.6 Å². The number of aromatic nitrogens is 3. The summed E-state index contributed by atoms with van der Waals surface area (Å²) in [6, 6.07) is 21.6. The number of amides is 3. The van der Waals surface area contributed by atoms with Crippen molar-refractivity contribution >= 4 is 17.7 Å². The molecular weight excluding hydrogens is 1020 g/mol. The van der Waals surface area contributed by atoms with Gasteiger partial charge in [-0.2, -0.15) is 0 Å². The summed E-state index contributed by atoms with van der Waals surface area (Å²) < 4.78 is 26.0. The van der Waals surface area contributed by atoms with E-state index in [2.05, 4.69) is 16.0 Å². The number of aliphatic hydroxyl groups excluding tert-OH is 7. The molecule has 78 heavy (non-hydrogen) atoms. The Bertz CT molecular complexity index is 2930. The number of carbonyl (C=O) groups is 3. The van der Waals surface area contributed by atoms with Crippen LogP contribution < -0.4 is 47.4 Å². The second-order valence-corrected chi connectivity index (χ2v) is 18.3. The molecule has 2 aromatic carbocycles. The molecule has 0 saturated heterocycles. The third kappa shape index (κ3) is 17.7. The van der Waals surface area contributed by atoms with Crippen molar-refractivity contribution in [1.82, 2.24) is 29.7 Å². The first kappa shape index (κ1) is 61.2. The molecule has 0 fully saturated rings. The average Bonchev–Trinajstić information content (AvgIpc) is 3.47. The first-order chi connectivity index (χ1) is 37.5. The quantitative estimate of drug-likeness (QED) is 0.0156. The van der Waals surface area contributed by atoms with Gasteiger partial charge in [0.2, 0.25) is 10.9 Å². The van der Waals surface area contributed by atoms with Gasteiger partial charge in [0.25, 0.3) is 17.7 Å². The Hall–Kier alpha value is -7.68. The molecule has 422 valence electrons. The molecule has 0 aliphatic carbocycles. The summed E-state index contributed by atoms with van der Waals surface area (Å²) in [7, 11) is 0. The molecule has 0 radical (unpaired) electrons. The number of carbonyl (C=O) groups excluding carboxylic acids is 3. The van der Waals surface area contributed by atoms with Crippen molar-refractivity contribution in [2.45, 2.75) is 109 Å². The van der Waals surface area contributed by atoms with Crippen molar-refractivity contribution in [3.63, 3.8) is 0 Å². The molecule has 3 aromatic heterocycles. The number of hydrogen-bond acceptors (Lipinski definition) is 18. The maximum absolute atomic E-state index is 14.0. The molecule has 5 aromatic rings. The highest BCUT2D eigenvalue weighted by Crippen LogP contribution is 2.24. The van der Waals surface area contributed by atoms with Crippen LogP contribution in [-0.4, -0.2) is 130 Å². The highest BCUT2D eigenvalue weighted by molar-refractivity contribution is 5.96. The lowest BCUT2D eigenvalue weighted by Gasteiger charge is -2.30. The van der Waals surface area contributed by atoms with Gasteiger partial charge in [0.1, 0.15) is 69.3 Å². The molecule has 24 heteroatoms. The lowest BCUT2D eigenvalue weighted by molar-refractivity contribution is -0.117. The molecule has 24 nitrogen and oxygen atoms in total. The zero-order valence-corrected chi connectivity index (χ0v) is 43.1. The van der Waals surface area contributed by atoms with E-state index >= 15 is 0 Å². The molecular formula is C54H69N7O17. The normalized spacial score (nSPS) is 13.7. The van der Waals surface area contributed by atoms with E-state index in [9.17, 15) is 59.4 Å². The van der Waals surface area contributed by atoms with Crippen LogP contribution in [0.3, 0.4) is 0 Å².